The van der Waals surface area contributed by atoms with Gasteiger partial charge in [0.05, 0.1) is 9.82 Å². The van der Waals surface area contributed by atoms with E-state index in [0.29, 0.717) is 4.90 Å². The topological polar surface area (TPSA) is 72.6 Å². The molecule has 0 aliphatic carbocycles. The minimum atomic E-state index is -1.55. The molecule has 6 heteroatoms. The van der Waals surface area contributed by atoms with E-state index in [4.69, 9.17) is 0 Å². The van der Waals surface area contributed by atoms with E-state index in [1.54, 1.807) is 6.92 Å². The van der Waals surface area contributed by atoms with Crippen LogP contribution in [0, 0.1) is 10.1 Å². The molecule has 0 saturated carbocycles. The molecule has 5 nitrogen and oxygen atoms in total. The Bertz CT molecular complexity index is 403. The van der Waals surface area contributed by atoms with Gasteiger partial charge in [0.25, 0.3) is 5.69 Å². The molecule has 0 radical (unpaired) electrons. The highest BCUT2D eigenvalue weighted by Crippen LogP contribution is 2.16. The normalized spacial score (nSPS) is 12.9. The lowest BCUT2D eigenvalue weighted by atomic mass is 10.3. The Morgan fingerprint density at radius 2 is 2.29 bits per heavy atom. The van der Waals surface area contributed by atoms with Gasteiger partial charge in [-0.1, -0.05) is 6.07 Å². The van der Waals surface area contributed by atoms with Crippen molar-refractivity contribution in [3.05, 3.63) is 34.4 Å². The van der Waals surface area contributed by atoms with Crippen molar-refractivity contribution in [2.45, 2.75) is 11.8 Å². The minimum absolute atomic E-state index is 0.0813. The van der Waals surface area contributed by atoms with Crippen molar-refractivity contribution in [2.24, 2.45) is 4.40 Å². The smallest absolute Gasteiger partial charge is 0.258 e. The molecule has 0 aliphatic rings. The average molecular weight is 212 g/mol. The Morgan fingerprint density at radius 1 is 1.57 bits per heavy atom. The van der Waals surface area contributed by atoms with Gasteiger partial charge < -0.3 is 0 Å². The van der Waals surface area contributed by atoms with Gasteiger partial charge in [0.15, 0.2) is 11.0 Å². The number of nitro benzene ring substituents is 1. The van der Waals surface area contributed by atoms with Crippen LogP contribution in [0.5, 0.6) is 0 Å². The number of rotatable bonds is 3. The fraction of sp³-hybridized carbons (Fsp3) is 0.125. The molecule has 1 aromatic rings. The third-order valence-electron chi connectivity index (χ3n) is 1.43. The summed E-state index contributed by atoms with van der Waals surface area (Å²) in [7, 11) is -1.55. The number of non-ortho nitro benzene ring substituents is 1. The number of nitrogens with zero attached hydrogens (tertiary/aromatic N) is 2. The van der Waals surface area contributed by atoms with E-state index in [0.717, 1.165) is 0 Å². The van der Waals surface area contributed by atoms with Crippen LogP contribution in [0.25, 0.3) is 0 Å². The highest BCUT2D eigenvalue weighted by atomic mass is 32.2. The van der Waals surface area contributed by atoms with E-state index in [2.05, 4.69) is 4.40 Å². The number of hydrogen-bond donors (Lipinski definition) is 0. The maximum absolute atomic E-state index is 11.3. The van der Waals surface area contributed by atoms with Crippen LogP contribution in [0.4, 0.5) is 5.69 Å². The summed E-state index contributed by atoms with van der Waals surface area (Å²) >= 11 is 0. The Morgan fingerprint density at radius 3 is 2.86 bits per heavy atom. The van der Waals surface area contributed by atoms with Crippen molar-refractivity contribution >= 4 is 22.9 Å². The van der Waals surface area contributed by atoms with Crippen LogP contribution in [-0.4, -0.2) is 15.3 Å². The van der Waals surface area contributed by atoms with Gasteiger partial charge >= 0.3 is 0 Å². The first kappa shape index (κ1) is 10.5. The summed E-state index contributed by atoms with van der Waals surface area (Å²) in [4.78, 5) is 10.2. The van der Waals surface area contributed by atoms with Gasteiger partial charge in [-0.15, -0.1) is 0 Å². The number of hydrogen-bond acceptors (Lipinski definition) is 3. The zero-order valence-electron chi connectivity index (χ0n) is 7.41. The zero-order valence-corrected chi connectivity index (χ0v) is 8.23. The quantitative estimate of drug-likeness (QED) is 0.435. The molecule has 1 aromatic carbocycles. The highest BCUT2D eigenvalue weighted by Gasteiger charge is 2.08. The van der Waals surface area contributed by atoms with E-state index in [9.17, 15) is 14.3 Å². The van der Waals surface area contributed by atoms with E-state index < -0.39 is 15.9 Å². The van der Waals surface area contributed by atoms with E-state index >= 15 is 0 Å². The van der Waals surface area contributed by atoms with Crippen LogP contribution in [-0.2, 0) is 11.0 Å². The second-order valence-electron chi connectivity index (χ2n) is 2.37. The molecule has 1 rings (SSSR count). The summed E-state index contributed by atoms with van der Waals surface area (Å²) in [5, 5.41) is 10.4. The van der Waals surface area contributed by atoms with Crippen molar-refractivity contribution in [1.82, 2.24) is 0 Å². The third kappa shape index (κ3) is 2.46. The maximum Gasteiger partial charge on any atom is 0.270 e. The lowest BCUT2D eigenvalue weighted by Crippen LogP contribution is -1.91. The lowest BCUT2D eigenvalue weighted by molar-refractivity contribution is -0.385. The summed E-state index contributed by atoms with van der Waals surface area (Å²) in [6.07, 6.45) is 1.40. The standard InChI is InChI=1S/C8H8N2O3S/c1-2-9-14(13)8-5-3-4-7(6-8)10(11)12/h2-6H,1H3/b9-2-. The van der Waals surface area contributed by atoms with Crippen LogP contribution in [0.1, 0.15) is 6.92 Å². The number of benzene rings is 1. The zero-order chi connectivity index (χ0) is 10.6. The molecule has 0 aliphatic heterocycles. The molecule has 0 heterocycles. The van der Waals surface area contributed by atoms with Gasteiger partial charge in [-0.2, -0.15) is 4.40 Å². The van der Waals surface area contributed by atoms with Crippen molar-refractivity contribution in [2.75, 3.05) is 0 Å². The van der Waals surface area contributed by atoms with Crippen molar-refractivity contribution in [3.63, 3.8) is 0 Å². The Kier molecular flexibility index (Phi) is 3.47. The molecule has 0 amide bonds. The predicted octanol–water partition coefficient (Wildman–Crippen LogP) is 1.71. The van der Waals surface area contributed by atoms with Crippen molar-refractivity contribution < 1.29 is 9.13 Å². The van der Waals surface area contributed by atoms with Crippen LogP contribution >= 0.6 is 0 Å². The van der Waals surface area contributed by atoms with Crippen LogP contribution in [0.15, 0.2) is 33.6 Å². The molecule has 0 fully saturated rings. The maximum atomic E-state index is 11.3. The van der Waals surface area contributed by atoms with Crippen LogP contribution in [0.3, 0.4) is 0 Å². The molecule has 0 N–H and O–H groups in total. The van der Waals surface area contributed by atoms with Gasteiger partial charge in [-0.05, 0) is 13.0 Å². The van der Waals surface area contributed by atoms with E-state index in [-0.39, 0.29) is 5.69 Å². The van der Waals surface area contributed by atoms with Gasteiger partial charge in [0, 0.05) is 18.3 Å². The van der Waals surface area contributed by atoms with E-state index in [1.807, 2.05) is 0 Å². The largest absolute Gasteiger partial charge is 0.270 e. The summed E-state index contributed by atoms with van der Waals surface area (Å²) in [6, 6.07) is 5.62. The lowest BCUT2D eigenvalue weighted by Gasteiger charge is -1.95. The summed E-state index contributed by atoms with van der Waals surface area (Å²) in [6.45, 7) is 1.63. The second kappa shape index (κ2) is 4.61. The first-order valence-electron chi connectivity index (χ1n) is 3.80. The molecule has 14 heavy (non-hydrogen) atoms. The molecule has 1 unspecified atom stereocenters. The Labute approximate surface area is 83.2 Å². The first-order valence-corrected chi connectivity index (χ1v) is 4.91. The molecule has 0 aromatic heterocycles. The van der Waals surface area contributed by atoms with E-state index in [1.165, 1.54) is 30.5 Å². The van der Waals surface area contributed by atoms with Gasteiger partial charge in [-0.3, -0.25) is 10.1 Å². The van der Waals surface area contributed by atoms with Gasteiger partial charge in [-0.25, -0.2) is 4.21 Å². The first-order chi connectivity index (χ1) is 6.65. The Hall–Kier alpha value is -1.56. The van der Waals surface area contributed by atoms with Gasteiger partial charge in [0.2, 0.25) is 0 Å². The van der Waals surface area contributed by atoms with Gasteiger partial charge in [0.1, 0.15) is 0 Å². The minimum Gasteiger partial charge on any atom is -0.258 e. The van der Waals surface area contributed by atoms with Crippen LogP contribution < -0.4 is 0 Å². The van der Waals surface area contributed by atoms with Crippen LogP contribution in [0.2, 0.25) is 0 Å². The summed E-state index contributed by atoms with van der Waals surface area (Å²) in [5.41, 5.74) is -0.0813. The Balaban J connectivity index is 3.05. The fourth-order valence-electron chi connectivity index (χ4n) is 0.862. The fourth-order valence-corrected chi connectivity index (χ4v) is 1.59. The summed E-state index contributed by atoms with van der Waals surface area (Å²) in [5.74, 6) is 0. The predicted molar refractivity (Wildman–Crippen MR) is 53.7 cm³/mol. The average Bonchev–Trinajstić information content (AvgIpc) is 2.18. The monoisotopic (exact) mass is 212 g/mol. The second-order valence-corrected chi connectivity index (χ2v) is 3.55. The molecule has 74 valence electrons. The SMILES string of the molecule is C/C=N\S(=O)c1cccc([N+](=O)[O-])c1. The van der Waals surface area contributed by atoms with Crippen molar-refractivity contribution in [1.29, 1.82) is 0 Å². The number of nitro groups is 1. The molecule has 0 spiro atoms. The highest BCUT2D eigenvalue weighted by molar-refractivity contribution is 7.83. The molecular weight excluding hydrogens is 204 g/mol. The van der Waals surface area contributed by atoms with Crippen molar-refractivity contribution in [3.8, 4) is 0 Å². The third-order valence-corrected chi connectivity index (χ3v) is 2.49. The molecular formula is C8H8N2O3S. The summed E-state index contributed by atoms with van der Waals surface area (Å²) < 4.78 is 14.9. The molecule has 1 atom stereocenters. The molecule has 0 bridgehead atoms. The molecule has 0 saturated heterocycles.